The SMILES string of the molecule is CC(=O)Nc1cccc(Oc2ccc3c(c2)C(=O)OC3=O)c1. The van der Waals surface area contributed by atoms with E-state index in [0.717, 1.165) is 0 Å². The van der Waals surface area contributed by atoms with Crippen LogP contribution in [-0.4, -0.2) is 17.8 Å². The van der Waals surface area contributed by atoms with Crippen molar-refractivity contribution in [3.8, 4) is 11.5 Å². The Morgan fingerprint density at radius 3 is 2.50 bits per heavy atom. The Labute approximate surface area is 125 Å². The predicted molar refractivity (Wildman–Crippen MR) is 77.0 cm³/mol. The third kappa shape index (κ3) is 2.67. The molecule has 110 valence electrons. The third-order valence-electron chi connectivity index (χ3n) is 3.01. The number of fused-ring (bicyclic) bond motifs is 1. The number of amides is 1. The largest absolute Gasteiger partial charge is 0.457 e. The summed E-state index contributed by atoms with van der Waals surface area (Å²) in [7, 11) is 0. The van der Waals surface area contributed by atoms with Gasteiger partial charge in [-0.2, -0.15) is 0 Å². The molecule has 6 heteroatoms. The van der Waals surface area contributed by atoms with Crippen LogP contribution in [0.15, 0.2) is 42.5 Å². The summed E-state index contributed by atoms with van der Waals surface area (Å²) in [5, 5.41) is 2.65. The average Bonchev–Trinajstić information content (AvgIpc) is 2.73. The maximum Gasteiger partial charge on any atom is 0.347 e. The van der Waals surface area contributed by atoms with Gasteiger partial charge in [0.1, 0.15) is 11.5 Å². The number of benzene rings is 2. The van der Waals surface area contributed by atoms with Gasteiger partial charge in [0, 0.05) is 18.7 Å². The Morgan fingerprint density at radius 2 is 1.73 bits per heavy atom. The first-order valence-electron chi connectivity index (χ1n) is 6.49. The van der Waals surface area contributed by atoms with Gasteiger partial charge in [0.15, 0.2) is 0 Å². The van der Waals surface area contributed by atoms with Crippen molar-refractivity contribution >= 4 is 23.5 Å². The van der Waals surface area contributed by atoms with E-state index >= 15 is 0 Å². The van der Waals surface area contributed by atoms with Crippen LogP contribution in [0, 0.1) is 0 Å². The zero-order chi connectivity index (χ0) is 15.7. The van der Waals surface area contributed by atoms with E-state index < -0.39 is 11.9 Å². The summed E-state index contributed by atoms with van der Waals surface area (Å²) in [6.45, 7) is 1.41. The number of rotatable bonds is 3. The Bertz CT molecular complexity index is 797. The van der Waals surface area contributed by atoms with Gasteiger partial charge in [-0.05, 0) is 30.3 Å². The normalized spacial score (nSPS) is 12.6. The quantitative estimate of drug-likeness (QED) is 0.696. The zero-order valence-electron chi connectivity index (χ0n) is 11.6. The Kier molecular flexibility index (Phi) is 3.34. The maximum atomic E-state index is 11.5. The summed E-state index contributed by atoms with van der Waals surface area (Å²) in [5.74, 6) is -0.637. The molecule has 1 aliphatic heterocycles. The van der Waals surface area contributed by atoms with Crippen LogP contribution in [0.3, 0.4) is 0 Å². The lowest BCUT2D eigenvalue weighted by Gasteiger charge is -2.08. The van der Waals surface area contributed by atoms with Crippen molar-refractivity contribution in [1.82, 2.24) is 0 Å². The number of nitrogens with one attached hydrogen (secondary N) is 1. The van der Waals surface area contributed by atoms with Gasteiger partial charge >= 0.3 is 11.9 Å². The molecule has 0 aliphatic carbocycles. The molecular formula is C16H11NO5. The number of esters is 2. The molecule has 1 heterocycles. The smallest absolute Gasteiger partial charge is 0.347 e. The van der Waals surface area contributed by atoms with Crippen LogP contribution >= 0.6 is 0 Å². The van der Waals surface area contributed by atoms with E-state index in [4.69, 9.17) is 4.74 Å². The van der Waals surface area contributed by atoms with Crippen molar-refractivity contribution in [2.75, 3.05) is 5.32 Å². The fourth-order valence-electron chi connectivity index (χ4n) is 2.10. The van der Waals surface area contributed by atoms with Crippen LogP contribution in [-0.2, 0) is 9.53 Å². The minimum Gasteiger partial charge on any atom is -0.457 e. The average molecular weight is 297 g/mol. The summed E-state index contributed by atoms with van der Waals surface area (Å²) in [5.41, 5.74) is 1.01. The van der Waals surface area contributed by atoms with Crippen LogP contribution in [0.1, 0.15) is 27.6 Å². The molecule has 2 aromatic rings. The van der Waals surface area contributed by atoms with E-state index in [1.807, 2.05) is 0 Å². The maximum absolute atomic E-state index is 11.5. The van der Waals surface area contributed by atoms with Crippen LogP contribution in [0.4, 0.5) is 5.69 Å². The summed E-state index contributed by atoms with van der Waals surface area (Å²) >= 11 is 0. The molecule has 1 aliphatic rings. The second kappa shape index (κ2) is 5.33. The molecule has 0 saturated carbocycles. The molecule has 0 unspecified atom stereocenters. The highest BCUT2D eigenvalue weighted by Crippen LogP contribution is 2.29. The highest BCUT2D eigenvalue weighted by molar-refractivity contribution is 6.14. The molecule has 0 fully saturated rings. The highest BCUT2D eigenvalue weighted by atomic mass is 16.6. The molecule has 0 atom stereocenters. The minimum absolute atomic E-state index is 0.181. The number of anilines is 1. The van der Waals surface area contributed by atoms with Crippen LogP contribution in [0.5, 0.6) is 11.5 Å². The highest BCUT2D eigenvalue weighted by Gasteiger charge is 2.29. The molecule has 0 saturated heterocycles. The second-order valence-corrected chi connectivity index (χ2v) is 4.70. The molecule has 6 nitrogen and oxygen atoms in total. The lowest BCUT2D eigenvalue weighted by atomic mass is 10.1. The summed E-state index contributed by atoms with van der Waals surface area (Å²) < 4.78 is 10.2. The zero-order valence-corrected chi connectivity index (χ0v) is 11.6. The molecular weight excluding hydrogens is 286 g/mol. The molecule has 0 radical (unpaired) electrons. The minimum atomic E-state index is -0.683. The summed E-state index contributed by atoms with van der Waals surface area (Å²) in [6.07, 6.45) is 0. The number of carbonyl (C=O) groups is 3. The van der Waals surface area contributed by atoms with Crippen LogP contribution < -0.4 is 10.1 Å². The molecule has 2 aromatic carbocycles. The van der Waals surface area contributed by atoms with Crippen molar-refractivity contribution < 1.29 is 23.9 Å². The monoisotopic (exact) mass is 297 g/mol. The number of hydrogen-bond donors (Lipinski definition) is 1. The molecule has 0 bridgehead atoms. The lowest BCUT2D eigenvalue weighted by molar-refractivity contribution is -0.114. The van der Waals surface area contributed by atoms with Crippen molar-refractivity contribution in [2.45, 2.75) is 6.92 Å². The van der Waals surface area contributed by atoms with Crippen molar-refractivity contribution in [2.24, 2.45) is 0 Å². The number of hydrogen-bond acceptors (Lipinski definition) is 5. The molecule has 1 amide bonds. The lowest BCUT2D eigenvalue weighted by Crippen LogP contribution is -2.05. The van der Waals surface area contributed by atoms with E-state index in [1.54, 1.807) is 30.3 Å². The van der Waals surface area contributed by atoms with Gasteiger partial charge in [-0.1, -0.05) is 6.07 Å². The molecule has 0 spiro atoms. The van der Waals surface area contributed by atoms with Gasteiger partial charge in [0.2, 0.25) is 5.91 Å². The first-order valence-corrected chi connectivity index (χ1v) is 6.49. The summed E-state index contributed by atoms with van der Waals surface area (Å²) in [6, 6.07) is 11.3. The fraction of sp³-hybridized carbons (Fsp3) is 0.0625. The van der Waals surface area contributed by atoms with E-state index in [0.29, 0.717) is 17.2 Å². The number of cyclic esters (lactones) is 2. The molecule has 1 N–H and O–H groups in total. The van der Waals surface area contributed by atoms with Gasteiger partial charge in [-0.3, -0.25) is 4.79 Å². The first-order chi connectivity index (χ1) is 10.5. The second-order valence-electron chi connectivity index (χ2n) is 4.70. The van der Waals surface area contributed by atoms with Gasteiger partial charge in [-0.25, -0.2) is 9.59 Å². The van der Waals surface area contributed by atoms with Crippen molar-refractivity contribution in [3.05, 3.63) is 53.6 Å². The molecule has 0 aromatic heterocycles. The predicted octanol–water partition coefficient (Wildman–Crippen LogP) is 2.75. The standard InChI is InChI=1S/C16H11NO5/c1-9(18)17-10-3-2-4-11(7-10)21-12-5-6-13-14(8-12)16(20)22-15(13)19/h2-8H,1H3,(H,17,18). The van der Waals surface area contributed by atoms with E-state index in [9.17, 15) is 14.4 Å². The van der Waals surface area contributed by atoms with Gasteiger partial charge in [-0.15, -0.1) is 0 Å². The van der Waals surface area contributed by atoms with E-state index in [2.05, 4.69) is 10.1 Å². The third-order valence-corrected chi connectivity index (χ3v) is 3.01. The van der Waals surface area contributed by atoms with Gasteiger partial charge in [0.25, 0.3) is 0 Å². The van der Waals surface area contributed by atoms with Crippen LogP contribution in [0.25, 0.3) is 0 Å². The Morgan fingerprint density at radius 1 is 1.00 bits per heavy atom. The Hall–Kier alpha value is -3.15. The van der Waals surface area contributed by atoms with Crippen LogP contribution in [0.2, 0.25) is 0 Å². The summed E-state index contributed by atoms with van der Waals surface area (Å²) in [4.78, 5) is 33.9. The van der Waals surface area contributed by atoms with Gasteiger partial charge < -0.3 is 14.8 Å². The number of ether oxygens (including phenoxy) is 2. The van der Waals surface area contributed by atoms with Gasteiger partial charge in [0.05, 0.1) is 11.1 Å². The molecule has 22 heavy (non-hydrogen) atoms. The Balaban J connectivity index is 1.85. The topological polar surface area (TPSA) is 81.7 Å². The van der Waals surface area contributed by atoms with Crippen molar-refractivity contribution in [1.29, 1.82) is 0 Å². The fourth-order valence-corrected chi connectivity index (χ4v) is 2.10. The first kappa shape index (κ1) is 13.8. The van der Waals surface area contributed by atoms with E-state index in [1.165, 1.54) is 19.1 Å². The van der Waals surface area contributed by atoms with Crippen molar-refractivity contribution in [3.63, 3.8) is 0 Å². The van der Waals surface area contributed by atoms with E-state index in [-0.39, 0.29) is 17.0 Å². The number of carbonyl (C=O) groups excluding carboxylic acids is 3. The molecule has 3 rings (SSSR count).